The number of amides is 2. The Morgan fingerprint density at radius 2 is 2.15 bits per heavy atom. The molecular weight excluding hydrogens is 346 g/mol. The predicted molar refractivity (Wildman–Crippen MR) is 103 cm³/mol. The third kappa shape index (κ3) is 3.14. The maximum absolute atomic E-state index is 13.1. The van der Waals surface area contributed by atoms with Gasteiger partial charge in [-0.3, -0.25) is 9.59 Å². The molecule has 0 radical (unpaired) electrons. The van der Waals surface area contributed by atoms with Crippen molar-refractivity contribution in [2.45, 2.75) is 32.7 Å². The first kappa shape index (κ1) is 17.2. The lowest BCUT2D eigenvalue weighted by Crippen LogP contribution is -2.48. The Hall–Kier alpha value is -2.21. The highest BCUT2D eigenvalue weighted by molar-refractivity contribution is 7.16. The van der Waals surface area contributed by atoms with Crippen molar-refractivity contribution in [2.24, 2.45) is 5.92 Å². The van der Waals surface area contributed by atoms with Gasteiger partial charge in [-0.1, -0.05) is 11.6 Å². The second-order valence-corrected chi connectivity index (χ2v) is 8.33. The molecule has 3 saturated heterocycles. The van der Waals surface area contributed by atoms with Gasteiger partial charge in [-0.15, -0.1) is 11.3 Å². The summed E-state index contributed by atoms with van der Waals surface area (Å²) in [5, 5.41) is 0. The van der Waals surface area contributed by atoms with Crippen LogP contribution in [-0.4, -0.2) is 52.3 Å². The summed E-state index contributed by atoms with van der Waals surface area (Å²) in [5.41, 5.74) is 4.62. The van der Waals surface area contributed by atoms with Gasteiger partial charge < -0.3 is 9.80 Å². The molecule has 1 aromatic heterocycles. The summed E-state index contributed by atoms with van der Waals surface area (Å²) < 4.78 is 1.02. The summed E-state index contributed by atoms with van der Waals surface area (Å²) in [4.78, 5) is 34.0. The summed E-state index contributed by atoms with van der Waals surface area (Å²) >= 11 is 1.54. The van der Waals surface area contributed by atoms with E-state index in [0.29, 0.717) is 25.2 Å². The van der Waals surface area contributed by atoms with E-state index < -0.39 is 0 Å². The maximum atomic E-state index is 13.1. The van der Waals surface area contributed by atoms with Crippen LogP contribution < -0.4 is 0 Å². The number of rotatable bonds is 3. The fraction of sp³-hybridized carbons (Fsp3) is 0.450. The average Bonchev–Trinajstić information content (AvgIpc) is 2.93. The molecule has 2 bridgehead atoms. The number of hydrogen-bond donors (Lipinski definition) is 0. The number of piperidine rings is 1. The normalized spacial score (nSPS) is 22.6. The molecule has 0 spiro atoms. The average molecular weight is 369 g/mol. The Balaban J connectivity index is 1.57. The van der Waals surface area contributed by atoms with E-state index in [-0.39, 0.29) is 23.8 Å². The van der Waals surface area contributed by atoms with Crippen LogP contribution in [0.15, 0.2) is 35.4 Å². The van der Waals surface area contributed by atoms with Crippen LogP contribution in [0.4, 0.5) is 0 Å². The Kier molecular flexibility index (Phi) is 4.53. The summed E-state index contributed by atoms with van der Waals surface area (Å²) in [6, 6.07) is 5.79. The van der Waals surface area contributed by atoms with E-state index in [4.69, 9.17) is 0 Å². The minimum absolute atomic E-state index is 0.0223. The molecule has 0 saturated carbocycles. The van der Waals surface area contributed by atoms with Crippen molar-refractivity contribution in [2.75, 3.05) is 19.6 Å². The van der Waals surface area contributed by atoms with Crippen molar-refractivity contribution < 1.29 is 9.59 Å². The standard InChI is InChI=1S/C20H23N3O2S/c1-13(2)7-8-23-16-5-3-15(20(23)25)10-22(11-16)19(24)14-4-6-17-18(9-14)26-12-21-17/h4,6-7,9,12,15-16H,3,5,8,10-11H2,1-2H3. The molecule has 26 heavy (non-hydrogen) atoms. The smallest absolute Gasteiger partial charge is 0.253 e. The van der Waals surface area contributed by atoms with E-state index in [9.17, 15) is 9.59 Å². The molecule has 0 aliphatic carbocycles. The highest BCUT2D eigenvalue weighted by Crippen LogP contribution is 2.30. The largest absolute Gasteiger partial charge is 0.336 e. The zero-order chi connectivity index (χ0) is 18.3. The molecule has 5 nitrogen and oxygen atoms in total. The molecule has 5 rings (SSSR count). The lowest BCUT2D eigenvalue weighted by atomic mass is 9.94. The second-order valence-electron chi connectivity index (χ2n) is 7.45. The molecule has 3 fully saturated rings. The van der Waals surface area contributed by atoms with E-state index in [0.717, 1.165) is 23.1 Å². The Morgan fingerprint density at radius 1 is 1.31 bits per heavy atom. The molecule has 1 aromatic carbocycles. The minimum atomic E-state index is -0.0737. The van der Waals surface area contributed by atoms with Crippen molar-refractivity contribution >= 4 is 33.4 Å². The predicted octanol–water partition coefficient (Wildman–Crippen LogP) is 3.33. The molecule has 6 heteroatoms. The van der Waals surface area contributed by atoms with Gasteiger partial charge in [-0.05, 0) is 44.9 Å². The molecule has 2 atom stereocenters. The summed E-state index contributed by atoms with van der Waals surface area (Å²) in [7, 11) is 0. The molecule has 136 valence electrons. The molecule has 2 amide bonds. The first-order valence-corrected chi connectivity index (χ1v) is 9.97. The van der Waals surface area contributed by atoms with Crippen LogP contribution in [0.2, 0.25) is 0 Å². The van der Waals surface area contributed by atoms with Gasteiger partial charge in [0, 0.05) is 31.2 Å². The second kappa shape index (κ2) is 6.83. The first-order chi connectivity index (χ1) is 12.5. The molecule has 3 aliphatic heterocycles. The van der Waals surface area contributed by atoms with Crippen molar-refractivity contribution in [3.63, 3.8) is 0 Å². The third-order valence-corrected chi connectivity index (χ3v) is 6.15. The monoisotopic (exact) mass is 369 g/mol. The van der Waals surface area contributed by atoms with E-state index >= 15 is 0 Å². The number of nitrogens with zero attached hydrogens (tertiary/aromatic N) is 3. The number of carbonyl (C=O) groups excluding carboxylic acids is 2. The molecule has 4 heterocycles. The number of allylic oxidation sites excluding steroid dienone is 1. The SMILES string of the molecule is CC(C)=CCN1C(=O)C2CCC1CN(C(=O)c1ccc3ncsc3c1)C2. The van der Waals surface area contributed by atoms with Gasteiger partial charge in [0.2, 0.25) is 5.91 Å². The van der Waals surface area contributed by atoms with Crippen molar-refractivity contribution in [3.8, 4) is 0 Å². The molecular formula is C20H23N3O2S. The van der Waals surface area contributed by atoms with Crippen molar-refractivity contribution in [3.05, 3.63) is 40.9 Å². The van der Waals surface area contributed by atoms with Crippen molar-refractivity contribution in [1.82, 2.24) is 14.8 Å². The van der Waals surface area contributed by atoms with Crippen LogP contribution in [0.1, 0.15) is 37.0 Å². The minimum Gasteiger partial charge on any atom is -0.336 e. The molecule has 2 unspecified atom stereocenters. The summed E-state index contributed by atoms with van der Waals surface area (Å²) in [5.74, 6) is 0.149. The number of hydrogen-bond acceptors (Lipinski definition) is 4. The van der Waals surface area contributed by atoms with Crippen LogP contribution in [0.5, 0.6) is 0 Å². The zero-order valence-electron chi connectivity index (χ0n) is 15.1. The number of thiazole rings is 1. The van der Waals surface area contributed by atoms with E-state index in [1.807, 2.05) is 41.8 Å². The molecule has 0 N–H and O–H groups in total. The summed E-state index contributed by atoms with van der Waals surface area (Å²) in [6.07, 6.45) is 3.96. The van der Waals surface area contributed by atoms with E-state index in [2.05, 4.69) is 11.1 Å². The highest BCUT2D eigenvalue weighted by Gasteiger charge is 2.41. The number of benzene rings is 1. The quantitative estimate of drug-likeness (QED) is 0.780. The van der Waals surface area contributed by atoms with Gasteiger partial charge in [0.05, 0.1) is 21.6 Å². The summed E-state index contributed by atoms with van der Waals surface area (Å²) in [6.45, 7) is 5.90. The highest BCUT2D eigenvalue weighted by atomic mass is 32.1. The van der Waals surface area contributed by atoms with Crippen LogP contribution in [0, 0.1) is 5.92 Å². The zero-order valence-corrected chi connectivity index (χ0v) is 16.0. The van der Waals surface area contributed by atoms with E-state index in [1.54, 1.807) is 16.8 Å². The molecule has 3 aliphatic rings. The van der Waals surface area contributed by atoms with E-state index in [1.165, 1.54) is 5.57 Å². The fourth-order valence-corrected chi connectivity index (χ4v) is 4.61. The van der Waals surface area contributed by atoms with Crippen LogP contribution >= 0.6 is 11.3 Å². The van der Waals surface area contributed by atoms with Gasteiger partial charge in [-0.25, -0.2) is 4.98 Å². The first-order valence-electron chi connectivity index (χ1n) is 9.09. The number of carbonyl (C=O) groups is 2. The van der Waals surface area contributed by atoms with Crippen LogP contribution in [-0.2, 0) is 4.79 Å². The van der Waals surface area contributed by atoms with Gasteiger partial charge in [-0.2, -0.15) is 0 Å². The maximum Gasteiger partial charge on any atom is 0.253 e. The number of aromatic nitrogens is 1. The van der Waals surface area contributed by atoms with Crippen LogP contribution in [0.25, 0.3) is 10.2 Å². The lowest BCUT2D eigenvalue weighted by molar-refractivity contribution is -0.139. The Morgan fingerprint density at radius 3 is 2.96 bits per heavy atom. The Labute approximate surface area is 157 Å². The van der Waals surface area contributed by atoms with Gasteiger partial charge in [0.25, 0.3) is 5.91 Å². The topological polar surface area (TPSA) is 53.5 Å². The Bertz CT molecular complexity index is 884. The third-order valence-electron chi connectivity index (χ3n) is 5.36. The van der Waals surface area contributed by atoms with Crippen LogP contribution in [0.3, 0.4) is 0 Å². The fourth-order valence-electron chi connectivity index (χ4n) is 3.90. The lowest BCUT2D eigenvalue weighted by Gasteiger charge is -2.35. The van der Waals surface area contributed by atoms with Gasteiger partial charge >= 0.3 is 0 Å². The number of fused-ring (bicyclic) bond motifs is 5. The van der Waals surface area contributed by atoms with Crippen molar-refractivity contribution in [1.29, 1.82) is 0 Å². The van der Waals surface area contributed by atoms with Gasteiger partial charge in [0.1, 0.15) is 0 Å². The van der Waals surface area contributed by atoms with Gasteiger partial charge in [0.15, 0.2) is 0 Å². The molecule has 2 aromatic rings.